The van der Waals surface area contributed by atoms with Gasteiger partial charge in [0.2, 0.25) is 0 Å². The molecule has 2 fully saturated rings. The predicted molar refractivity (Wildman–Crippen MR) is 121 cm³/mol. The number of hydrogen-bond donors (Lipinski definition) is 0. The molecule has 3 heterocycles. The third-order valence-electron chi connectivity index (χ3n) is 6.33. The third-order valence-corrected chi connectivity index (χ3v) is 6.33. The maximum Gasteiger partial charge on any atom is 0.130 e. The molecule has 0 spiro atoms. The molecule has 0 amide bonds. The zero-order valence-electron chi connectivity index (χ0n) is 18.0. The van der Waals surface area contributed by atoms with Gasteiger partial charge in [-0.15, -0.1) is 0 Å². The van der Waals surface area contributed by atoms with E-state index in [0.29, 0.717) is 0 Å². The maximum absolute atomic E-state index is 5.88. The zero-order valence-corrected chi connectivity index (χ0v) is 18.0. The van der Waals surface area contributed by atoms with E-state index in [1.54, 1.807) is 0 Å². The first kappa shape index (κ1) is 19.4. The number of ether oxygens (including phenoxy) is 1. The molecule has 2 aliphatic rings. The van der Waals surface area contributed by atoms with Crippen LogP contribution in [0.1, 0.15) is 33.1 Å². The summed E-state index contributed by atoms with van der Waals surface area (Å²) in [7, 11) is 0. The molecule has 1 aliphatic heterocycles. The molecule has 158 valence electrons. The normalized spacial score (nSPS) is 18.2. The summed E-state index contributed by atoms with van der Waals surface area (Å²) >= 11 is 0. The van der Waals surface area contributed by atoms with Crippen LogP contribution in [0.3, 0.4) is 0 Å². The van der Waals surface area contributed by atoms with Crippen LogP contribution in [0.2, 0.25) is 0 Å². The van der Waals surface area contributed by atoms with E-state index in [2.05, 4.69) is 38.1 Å². The first-order chi connectivity index (χ1) is 14.7. The van der Waals surface area contributed by atoms with Crippen molar-refractivity contribution in [1.29, 1.82) is 0 Å². The van der Waals surface area contributed by atoms with Crippen molar-refractivity contribution in [2.75, 3.05) is 37.6 Å². The number of rotatable bonds is 6. The summed E-state index contributed by atoms with van der Waals surface area (Å²) < 4.78 is 7.87. The highest BCUT2D eigenvalue weighted by atomic mass is 16.5. The summed E-state index contributed by atoms with van der Waals surface area (Å²) in [6, 6.07) is 10.3. The van der Waals surface area contributed by atoms with Crippen LogP contribution in [-0.4, -0.2) is 58.5 Å². The van der Waals surface area contributed by atoms with E-state index in [9.17, 15) is 0 Å². The van der Waals surface area contributed by atoms with Gasteiger partial charge in [0, 0.05) is 56.4 Å². The van der Waals surface area contributed by atoms with Crippen molar-refractivity contribution in [3.05, 3.63) is 42.7 Å². The van der Waals surface area contributed by atoms with E-state index in [1.165, 1.54) is 25.8 Å². The summed E-state index contributed by atoms with van der Waals surface area (Å²) in [5.74, 6) is 2.85. The smallest absolute Gasteiger partial charge is 0.130 e. The average molecular weight is 406 g/mol. The highest BCUT2D eigenvalue weighted by Gasteiger charge is 2.24. The van der Waals surface area contributed by atoms with Gasteiger partial charge in [-0.3, -0.25) is 4.90 Å². The predicted octanol–water partition coefficient (Wildman–Crippen LogP) is 4.13. The molecule has 1 aromatic carbocycles. The topological polar surface area (TPSA) is 46.4 Å². The molecule has 2 aromatic heterocycles. The van der Waals surface area contributed by atoms with E-state index < -0.39 is 0 Å². The van der Waals surface area contributed by atoms with Crippen molar-refractivity contribution in [3.63, 3.8) is 0 Å². The lowest BCUT2D eigenvalue weighted by Crippen LogP contribution is -2.48. The fourth-order valence-electron chi connectivity index (χ4n) is 4.46. The minimum Gasteiger partial charge on any atom is -0.491 e. The lowest BCUT2D eigenvalue weighted by atomic mass is 9.85. The van der Waals surface area contributed by atoms with Gasteiger partial charge >= 0.3 is 0 Å². The monoisotopic (exact) mass is 405 g/mol. The third kappa shape index (κ3) is 4.01. The summed E-state index contributed by atoms with van der Waals surface area (Å²) in [4.78, 5) is 9.69. The van der Waals surface area contributed by atoms with Gasteiger partial charge in [0.15, 0.2) is 0 Å². The molecule has 6 nitrogen and oxygen atoms in total. The highest BCUT2D eigenvalue weighted by Crippen LogP contribution is 2.28. The molecule has 1 aliphatic carbocycles. The molecular weight excluding hydrogens is 374 g/mol. The number of aromatic nitrogens is 3. The second-order valence-electron chi connectivity index (χ2n) is 8.90. The Hall–Kier alpha value is -2.60. The molecule has 3 aromatic rings. The van der Waals surface area contributed by atoms with Crippen LogP contribution < -0.4 is 9.64 Å². The lowest BCUT2D eigenvalue weighted by molar-refractivity contribution is 0.170. The standard InChI is InChI=1S/C24H31N5O/c1-18(2)30-22-7-6-20-16-26-29(23(20)15-22)21-8-9-25-24(14-21)28-12-10-27(11-13-28)17-19-4-3-5-19/h6-9,14-16,18-19H,3-5,10-13,17H2,1-2H3. The molecule has 0 unspecified atom stereocenters. The van der Waals surface area contributed by atoms with Crippen LogP contribution in [0.5, 0.6) is 5.75 Å². The van der Waals surface area contributed by atoms with Gasteiger partial charge in [-0.25, -0.2) is 9.67 Å². The molecule has 0 radical (unpaired) electrons. The molecule has 0 bridgehead atoms. The minimum atomic E-state index is 0.148. The number of piperazine rings is 1. The Balaban J connectivity index is 1.33. The summed E-state index contributed by atoms with van der Waals surface area (Å²) in [6.07, 6.45) is 8.22. The van der Waals surface area contributed by atoms with E-state index >= 15 is 0 Å². The van der Waals surface area contributed by atoms with Crippen LogP contribution in [-0.2, 0) is 0 Å². The molecule has 0 atom stereocenters. The number of pyridine rings is 1. The quantitative estimate of drug-likeness (QED) is 0.617. The number of anilines is 1. The fourth-order valence-corrected chi connectivity index (χ4v) is 4.46. The van der Waals surface area contributed by atoms with Crippen LogP contribution >= 0.6 is 0 Å². The lowest BCUT2D eigenvalue weighted by Gasteiger charge is -2.39. The van der Waals surface area contributed by atoms with Gasteiger partial charge in [-0.2, -0.15) is 5.10 Å². The number of nitrogens with zero attached hydrogens (tertiary/aromatic N) is 5. The summed E-state index contributed by atoms with van der Waals surface area (Å²) in [5, 5.41) is 5.74. The number of benzene rings is 1. The van der Waals surface area contributed by atoms with Crippen LogP contribution in [0.25, 0.3) is 16.6 Å². The molecular formula is C24H31N5O. The number of fused-ring (bicyclic) bond motifs is 1. The largest absolute Gasteiger partial charge is 0.491 e. The molecule has 0 N–H and O–H groups in total. The van der Waals surface area contributed by atoms with Gasteiger partial charge in [-0.1, -0.05) is 6.42 Å². The van der Waals surface area contributed by atoms with Crippen molar-refractivity contribution in [3.8, 4) is 11.4 Å². The highest BCUT2D eigenvalue weighted by molar-refractivity contribution is 5.81. The van der Waals surface area contributed by atoms with Crippen molar-refractivity contribution in [2.45, 2.75) is 39.2 Å². The number of hydrogen-bond acceptors (Lipinski definition) is 5. The molecule has 5 rings (SSSR count). The Morgan fingerprint density at radius 2 is 1.90 bits per heavy atom. The minimum absolute atomic E-state index is 0.148. The van der Waals surface area contributed by atoms with E-state index in [-0.39, 0.29) is 6.10 Å². The van der Waals surface area contributed by atoms with Crippen LogP contribution in [0.4, 0.5) is 5.82 Å². The van der Waals surface area contributed by atoms with E-state index in [0.717, 1.165) is 60.3 Å². The average Bonchev–Trinajstić information content (AvgIpc) is 3.14. The Labute approximate surface area is 178 Å². The van der Waals surface area contributed by atoms with Crippen molar-refractivity contribution in [2.24, 2.45) is 5.92 Å². The van der Waals surface area contributed by atoms with E-state index in [1.807, 2.05) is 43.1 Å². The van der Waals surface area contributed by atoms with E-state index in [4.69, 9.17) is 4.74 Å². The first-order valence-corrected chi connectivity index (χ1v) is 11.2. The Morgan fingerprint density at radius 3 is 2.63 bits per heavy atom. The molecule has 1 saturated heterocycles. The zero-order chi connectivity index (χ0) is 20.5. The summed E-state index contributed by atoms with van der Waals surface area (Å²) in [6.45, 7) is 9.70. The molecule has 1 saturated carbocycles. The second kappa shape index (κ2) is 8.26. The molecule has 6 heteroatoms. The Bertz CT molecular complexity index is 1000. The van der Waals surface area contributed by atoms with Gasteiger partial charge in [-0.05, 0) is 50.8 Å². The van der Waals surface area contributed by atoms with Gasteiger partial charge in [0.05, 0.1) is 23.5 Å². The van der Waals surface area contributed by atoms with Gasteiger partial charge in [0.25, 0.3) is 0 Å². The first-order valence-electron chi connectivity index (χ1n) is 11.2. The summed E-state index contributed by atoms with van der Waals surface area (Å²) in [5.41, 5.74) is 2.09. The van der Waals surface area contributed by atoms with Crippen LogP contribution in [0, 0.1) is 5.92 Å². The molecule has 30 heavy (non-hydrogen) atoms. The van der Waals surface area contributed by atoms with Gasteiger partial charge in [0.1, 0.15) is 11.6 Å². The van der Waals surface area contributed by atoms with Crippen LogP contribution in [0.15, 0.2) is 42.7 Å². The maximum atomic E-state index is 5.88. The Morgan fingerprint density at radius 1 is 1.07 bits per heavy atom. The second-order valence-corrected chi connectivity index (χ2v) is 8.90. The fraction of sp³-hybridized carbons (Fsp3) is 0.500. The van der Waals surface area contributed by atoms with Gasteiger partial charge < -0.3 is 9.64 Å². The van der Waals surface area contributed by atoms with Crippen molar-refractivity contribution in [1.82, 2.24) is 19.7 Å². The Kier molecular flexibility index (Phi) is 5.34. The van der Waals surface area contributed by atoms with Crippen molar-refractivity contribution < 1.29 is 4.74 Å². The SMILES string of the molecule is CC(C)Oc1ccc2cnn(-c3ccnc(N4CCN(CC5CCC5)CC4)c3)c2c1. The van der Waals surface area contributed by atoms with Crippen molar-refractivity contribution >= 4 is 16.7 Å².